The molecule has 3 N–H and O–H groups in total. The summed E-state index contributed by atoms with van der Waals surface area (Å²) >= 11 is 0. The summed E-state index contributed by atoms with van der Waals surface area (Å²) in [6.07, 6.45) is 0. The Balaban J connectivity index is 1.97. The number of ether oxygens (including phenoxy) is 4. The molecule has 1 aliphatic carbocycles. The topological polar surface area (TPSA) is 124 Å². The Morgan fingerprint density at radius 3 is 2.31 bits per heavy atom. The number of methoxy groups -OCH3 is 2. The molecule has 2 aliphatic heterocycles. The Kier molecular flexibility index (Phi) is 3.12. The minimum Gasteiger partial charge on any atom is -0.493 e. The zero-order valence-corrected chi connectivity index (χ0v) is 14.8. The third-order valence-electron chi connectivity index (χ3n) is 6.19. The minimum absolute atomic E-state index is 0.181. The molecule has 2 heterocycles. The van der Waals surface area contributed by atoms with Crippen LogP contribution in [0.3, 0.4) is 0 Å². The van der Waals surface area contributed by atoms with E-state index in [1.54, 1.807) is 19.2 Å². The van der Waals surface area contributed by atoms with Crippen LogP contribution in [0.15, 0.2) is 18.2 Å². The van der Waals surface area contributed by atoms with E-state index in [0.717, 1.165) is 5.56 Å². The SMILES string of the molecule is COc1ccc([C@@]2(C)[C@]3(C#N)C(N)=[NH+]C4(OCCO4)[C@@]32C#N)cc1OC. The van der Waals surface area contributed by atoms with E-state index in [0.29, 0.717) is 24.7 Å². The Labute approximate surface area is 150 Å². The van der Waals surface area contributed by atoms with Gasteiger partial charge in [-0.15, -0.1) is 0 Å². The maximum absolute atomic E-state index is 10.2. The first kappa shape index (κ1) is 16.6. The van der Waals surface area contributed by atoms with Gasteiger partial charge in [0.05, 0.1) is 45.0 Å². The molecule has 1 saturated heterocycles. The fraction of sp³-hybridized carbons (Fsp3) is 0.500. The third-order valence-corrected chi connectivity index (χ3v) is 6.19. The van der Waals surface area contributed by atoms with Gasteiger partial charge in [0.15, 0.2) is 22.3 Å². The van der Waals surface area contributed by atoms with Crippen molar-refractivity contribution in [3.05, 3.63) is 23.8 Å². The summed E-state index contributed by atoms with van der Waals surface area (Å²) in [6, 6.07) is 9.93. The van der Waals surface area contributed by atoms with Gasteiger partial charge >= 0.3 is 5.91 Å². The average Bonchev–Trinajstić information content (AvgIpc) is 2.94. The third kappa shape index (κ3) is 1.34. The molecule has 2 fully saturated rings. The number of hydrogen-bond donors (Lipinski definition) is 2. The lowest BCUT2D eigenvalue weighted by atomic mass is 9.84. The number of benzene rings is 1. The normalized spacial score (nSPS) is 36.0. The molecule has 0 aromatic heterocycles. The molecule has 1 aromatic rings. The molecule has 1 spiro atoms. The van der Waals surface area contributed by atoms with Gasteiger partial charge in [-0.05, 0) is 17.7 Å². The zero-order valence-electron chi connectivity index (χ0n) is 14.8. The molecule has 134 valence electrons. The standard InChI is InChI=1S/C18H18N4O4/c1-15(11-4-5-12(23-2)13(8-11)24-3)16(9-19)14(21)22-18(17(15,16)10-20)25-6-7-26-18/h4-5,8H,6-7H2,1-3H3,(H2,21,22)/p+1/t15-,16-,17+/m0/s1. The molecule has 26 heavy (non-hydrogen) atoms. The van der Waals surface area contributed by atoms with Crippen LogP contribution in [0.1, 0.15) is 12.5 Å². The molecule has 1 saturated carbocycles. The molecule has 8 nitrogen and oxygen atoms in total. The molecule has 0 amide bonds. The second-order valence-corrected chi connectivity index (χ2v) is 6.77. The number of nitrogens with one attached hydrogen (secondary N) is 1. The summed E-state index contributed by atoms with van der Waals surface area (Å²) in [7, 11) is 3.08. The van der Waals surface area contributed by atoms with E-state index in [1.165, 1.54) is 7.11 Å². The highest BCUT2D eigenvalue weighted by molar-refractivity contribution is 5.97. The van der Waals surface area contributed by atoms with Gasteiger partial charge in [-0.2, -0.15) is 10.5 Å². The predicted octanol–water partition coefficient (Wildman–Crippen LogP) is -0.853. The van der Waals surface area contributed by atoms with Crippen molar-refractivity contribution in [2.75, 3.05) is 27.4 Å². The minimum atomic E-state index is -1.44. The monoisotopic (exact) mass is 355 g/mol. The largest absolute Gasteiger partial charge is 0.493 e. The van der Waals surface area contributed by atoms with Crippen molar-refractivity contribution in [3.63, 3.8) is 0 Å². The summed E-state index contributed by atoms with van der Waals surface area (Å²) in [5.41, 5.74) is 3.38. The fourth-order valence-electron chi connectivity index (χ4n) is 4.94. The number of hydrogen-bond acceptors (Lipinski definition) is 7. The van der Waals surface area contributed by atoms with Gasteiger partial charge in [0.1, 0.15) is 0 Å². The van der Waals surface area contributed by atoms with Crippen LogP contribution in [0, 0.1) is 33.5 Å². The average molecular weight is 355 g/mol. The molecular weight excluding hydrogens is 336 g/mol. The maximum Gasteiger partial charge on any atom is 0.343 e. The maximum atomic E-state index is 10.2. The molecule has 0 bridgehead atoms. The van der Waals surface area contributed by atoms with Crippen molar-refractivity contribution in [1.82, 2.24) is 0 Å². The van der Waals surface area contributed by atoms with Crippen LogP contribution in [0.4, 0.5) is 0 Å². The van der Waals surface area contributed by atoms with Crippen LogP contribution in [-0.4, -0.2) is 39.2 Å². The van der Waals surface area contributed by atoms with Gasteiger partial charge in [-0.25, -0.2) is 4.99 Å². The van der Waals surface area contributed by atoms with Crippen LogP contribution in [0.2, 0.25) is 0 Å². The predicted molar refractivity (Wildman–Crippen MR) is 87.8 cm³/mol. The number of rotatable bonds is 3. The first-order valence-electron chi connectivity index (χ1n) is 8.18. The lowest BCUT2D eigenvalue weighted by molar-refractivity contribution is -0.677. The number of nitrogens with zero attached hydrogens (tertiary/aromatic N) is 2. The van der Waals surface area contributed by atoms with Crippen molar-refractivity contribution in [2.45, 2.75) is 18.2 Å². The van der Waals surface area contributed by atoms with Gasteiger partial charge in [-0.1, -0.05) is 13.0 Å². The van der Waals surface area contributed by atoms with Crippen LogP contribution < -0.4 is 20.2 Å². The molecular formula is C18H19N4O4+. The second-order valence-electron chi connectivity index (χ2n) is 6.77. The van der Waals surface area contributed by atoms with Crippen LogP contribution in [0.25, 0.3) is 0 Å². The first-order chi connectivity index (χ1) is 12.4. The van der Waals surface area contributed by atoms with Crippen LogP contribution in [-0.2, 0) is 14.9 Å². The summed E-state index contributed by atoms with van der Waals surface area (Å²) in [5.74, 6) is -0.198. The lowest BCUT2D eigenvalue weighted by Gasteiger charge is -2.27. The quantitative estimate of drug-likeness (QED) is 0.723. The Bertz CT molecular complexity index is 911. The zero-order chi connectivity index (χ0) is 18.8. The Morgan fingerprint density at radius 1 is 1.12 bits per heavy atom. The van der Waals surface area contributed by atoms with Gasteiger partial charge in [0.25, 0.3) is 5.84 Å². The summed E-state index contributed by atoms with van der Waals surface area (Å²) in [6.45, 7) is 2.46. The highest BCUT2D eigenvalue weighted by Crippen LogP contribution is 2.82. The van der Waals surface area contributed by atoms with E-state index in [1.807, 2.05) is 13.0 Å². The molecule has 0 unspecified atom stereocenters. The lowest BCUT2D eigenvalue weighted by Crippen LogP contribution is -2.90. The van der Waals surface area contributed by atoms with Gasteiger partial charge < -0.3 is 18.9 Å². The highest BCUT2D eigenvalue weighted by atomic mass is 16.8. The summed E-state index contributed by atoms with van der Waals surface area (Å²) in [4.78, 5) is 2.94. The van der Waals surface area contributed by atoms with E-state index < -0.39 is 22.2 Å². The number of nitrogens with two attached hydrogens (primary N) is 1. The number of nitriles is 2. The van der Waals surface area contributed by atoms with E-state index in [2.05, 4.69) is 17.1 Å². The molecule has 3 aliphatic rings. The van der Waals surface area contributed by atoms with Gasteiger partial charge in [0, 0.05) is 0 Å². The Hall–Kier alpha value is -2.81. The smallest absolute Gasteiger partial charge is 0.343 e. The van der Waals surface area contributed by atoms with Crippen molar-refractivity contribution < 1.29 is 23.9 Å². The van der Waals surface area contributed by atoms with Crippen molar-refractivity contribution >= 4 is 5.84 Å². The van der Waals surface area contributed by atoms with E-state index in [-0.39, 0.29) is 5.84 Å². The van der Waals surface area contributed by atoms with E-state index in [9.17, 15) is 10.5 Å². The van der Waals surface area contributed by atoms with Crippen LogP contribution in [0.5, 0.6) is 11.5 Å². The van der Waals surface area contributed by atoms with Gasteiger partial charge in [-0.3, -0.25) is 5.73 Å². The summed E-state index contributed by atoms with van der Waals surface area (Å²) < 4.78 is 22.3. The number of fused-ring (bicyclic) bond motifs is 2. The first-order valence-corrected chi connectivity index (χ1v) is 8.18. The fourth-order valence-corrected chi connectivity index (χ4v) is 4.94. The van der Waals surface area contributed by atoms with Crippen molar-refractivity contribution in [2.24, 2.45) is 16.6 Å². The Morgan fingerprint density at radius 2 is 1.77 bits per heavy atom. The number of amidine groups is 1. The summed E-state index contributed by atoms with van der Waals surface area (Å²) in [5, 5.41) is 20.3. The molecule has 8 heteroatoms. The van der Waals surface area contributed by atoms with Gasteiger partial charge in [0.2, 0.25) is 0 Å². The van der Waals surface area contributed by atoms with E-state index in [4.69, 9.17) is 24.7 Å². The molecule has 0 radical (unpaired) electrons. The van der Waals surface area contributed by atoms with Crippen molar-refractivity contribution in [3.8, 4) is 23.6 Å². The van der Waals surface area contributed by atoms with Crippen LogP contribution >= 0.6 is 0 Å². The molecule has 3 atom stereocenters. The van der Waals surface area contributed by atoms with Crippen molar-refractivity contribution in [1.29, 1.82) is 10.5 Å². The second kappa shape index (κ2) is 4.88. The molecule has 4 rings (SSSR count). The molecule has 1 aromatic carbocycles. The van der Waals surface area contributed by atoms with E-state index >= 15 is 0 Å². The highest BCUT2D eigenvalue weighted by Gasteiger charge is 3.03.